The number of pyridine rings is 2. The second-order valence-electron chi connectivity index (χ2n) is 18.0. The normalized spacial score (nSPS) is 14.4. The van der Waals surface area contributed by atoms with Crippen molar-refractivity contribution in [3.63, 3.8) is 0 Å². The molecule has 8 aromatic carbocycles. The SMILES string of the molecule is CC1(C)c2ccccc2C(c2ccccc2)c2cc3c4cccnc4n(-c4[c-]c([Si](c5[c-]c6c(cc5)c5ccccc5n5ccnc65)(c5ccccc5)c5ccccc5)ccc4)c3cc21.[Pd+2]. The van der Waals surface area contributed by atoms with E-state index in [0.717, 1.165) is 54.5 Å². The molecule has 4 heterocycles. The fourth-order valence-electron chi connectivity index (χ4n) is 11.4. The maximum Gasteiger partial charge on any atom is 2.00 e. The molecule has 4 nitrogen and oxygen atoms in total. The third-order valence-electron chi connectivity index (χ3n) is 14.3. The molecule has 4 aromatic heterocycles. The summed E-state index contributed by atoms with van der Waals surface area (Å²) in [5.41, 5.74) is 11.5. The van der Waals surface area contributed by atoms with Crippen LogP contribution in [-0.2, 0) is 25.8 Å². The zero-order chi connectivity index (χ0) is 43.3. The van der Waals surface area contributed by atoms with Crippen LogP contribution >= 0.6 is 0 Å². The van der Waals surface area contributed by atoms with E-state index in [2.05, 4.69) is 235 Å². The van der Waals surface area contributed by atoms with Gasteiger partial charge in [0.1, 0.15) is 13.7 Å². The average molecular weight is 954 g/mol. The van der Waals surface area contributed by atoms with Crippen molar-refractivity contribution in [3.8, 4) is 5.69 Å². The Morgan fingerprint density at radius 3 is 1.95 bits per heavy atom. The maximum absolute atomic E-state index is 5.16. The van der Waals surface area contributed by atoms with Gasteiger partial charge in [-0.1, -0.05) is 158 Å². The van der Waals surface area contributed by atoms with Gasteiger partial charge in [-0.2, -0.15) is 23.4 Å². The molecule has 66 heavy (non-hydrogen) atoms. The van der Waals surface area contributed by atoms with Crippen molar-refractivity contribution in [2.45, 2.75) is 25.2 Å². The minimum absolute atomic E-state index is 0. The van der Waals surface area contributed by atoms with Gasteiger partial charge >= 0.3 is 20.4 Å². The predicted molar refractivity (Wildman–Crippen MR) is 270 cm³/mol. The molecule has 0 bridgehead atoms. The molecule has 0 saturated heterocycles. The molecule has 1 atom stereocenters. The van der Waals surface area contributed by atoms with Crippen molar-refractivity contribution < 1.29 is 20.4 Å². The Morgan fingerprint density at radius 2 is 1.17 bits per heavy atom. The van der Waals surface area contributed by atoms with E-state index < -0.39 is 8.07 Å². The first kappa shape index (κ1) is 40.3. The molecule has 6 heteroatoms. The van der Waals surface area contributed by atoms with Crippen molar-refractivity contribution in [2.75, 3.05) is 0 Å². The number of benzene rings is 8. The smallest absolute Gasteiger partial charge is 0.340 e. The second kappa shape index (κ2) is 15.5. The quantitative estimate of drug-likeness (QED) is 0.0721. The molecular weight excluding hydrogens is 911 g/mol. The predicted octanol–water partition coefficient (Wildman–Crippen LogP) is 10.9. The van der Waals surface area contributed by atoms with E-state index in [4.69, 9.17) is 9.97 Å². The van der Waals surface area contributed by atoms with Gasteiger partial charge < -0.3 is 8.97 Å². The van der Waals surface area contributed by atoms with E-state index in [1.807, 2.05) is 12.4 Å². The number of imidazole rings is 1. The molecule has 0 spiro atoms. The number of rotatable bonds is 6. The average Bonchev–Trinajstić information content (AvgIpc) is 3.99. The summed E-state index contributed by atoms with van der Waals surface area (Å²) in [7, 11) is -3.15. The van der Waals surface area contributed by atoms with Crippen LogP contribution in [0.2, 0.25) is 0 Å². The molecule has 1 aliphatic rings. The minimum atomic E-state index is -3.15. The molecule has 0 radical (unpaired) electrons. The summed E-state index contributed by atoms with van der Waals surface area (Å²) in [6, 6.07) is 79.7. The molecule has 12 aromatic rings. The summed E-state index contributed by atoms with van der Waals surface area (Å²) in [6.07, 6.45) is 5.88. The Labute approximate surface area is 398 Å². The molecule has 1 aliphatic carbocycles. The number of hydrogen-bond acceptors (Lipinski definition) is 2. The Hall–Kier alpha value is -7.20. The van der Waals surface area contributed by atoms with E-state index in [0.29, 0.717) is 0 Å². The number of nitrogens with zero attached hydrogens (tertiary/aromatic N) is 4. The van der Waals surface area contributed by atoms with Gasteiger partial charge in [-0.25, -0.2) is 4.98 Å². The summed E-state index contributed by atoms with van der Waals surface area (Å²) >= 11 is 0. The van der Waals surface area contributed by atoms with Gasteiger partial charge in [0, 0.05) is 46.2 Å². The van der Waals surface area contributed by atoms with Crippen LogP contribution in [0.15, 0.2) is 213 Å². The van der Waals surface area contributed by atoms with Crippen molar-refractivity contribution in [2.24, 2.45) is 0 Å². The van der Waals surface area contributed by atoms with E-state index in [1.165, 1.54) is 49.0 Å². The fourth-order valence-corrected chi connectivity index (χ4v) is 15.9. The van der Waals surface area contributed by atoms with Crippen LogP contribution in [0, 0.1) is 12.1 Å². The largest absolute Gasteiger partial charge is 2.00 e. The molecule has 13 rings (SSSR count). The van der Waals surface area contributed by atoms with Gasteiger partial charge in [0.15, 0.2) is 0 Å². The number of fused-ring (bicyclic) bond motifs is 11. The summed E-state index contributed by atoms with van der Waals surface area (Å²) in [5, 5.41) is 10.5. The molecule has 0 fully saturated rings. The van der Waals surface area contributed by atoms with Crippen LogP contribution in [0.25, 0.3) is 54.9 Å². The monoisotopic (exact) mass is 952 g/mol. The Balaban J connectivity index is 0.00000456. The zero-order valence-electron chi connectivity index (χ0n) is 36.4. The van der Waals surface area contributed by atoms with Crippen LogP contribution < -0.4 is 20.7 Å². The van der Waals surface area contributed by atoms with Crippen LogP contribution in [0.1, 0.15) is 47.6 Å². The van der Waals surface area contributed by atoms with Gasteiger partial charge in [-0.3, -0.25) is 4.98 Å². The van der Waals surface area contributed by atoms with Crippen LogP contribution in [0.4, 0.5) is 0 Å². The molecule has 316 valence electrons. The topological polar surface area (TPSA) is 35.1 Å². The minimum Gasteiger partial charge on any atom is -0.340 e. The van der Waals surface area contributed by atoms with E-state index >= 15 is 0 Å². The Morgan fingerprint density at radius 1 is 0.500 bits per heavy atom. The summed E-state index contributed by atoms with van der Waals surface area (Å²) in [4.78, 5) is 10.1. The molecule has 0 aliphatic heterocycles. The van der Waals surface area contributed by atoms with Crippen molar-refractivity contribution >= 4 is 78.1 Å². The summed E-state index contributed by atoms with van der Waals surface area (Å²) in [5.74, 6) is 0.104. The van der Waals surface area contributed by atoms with Crippen LogP contribution in [-0.4, -0.2) is 27.0 Å². The third-order valence-corrected chi connectivity index (χ3v) is 18.9. The van der Waals surface area contributed by atoms with Crippen LogP contribution in [0.5, 0.6) is 0 Å². The molecular formula is C60H42N4PdSi. The number of para-hydroxylation sites is 1. The number of hydrogen-bond donors (Lipinski definition) is 0. The Kier molecular flexibility index (Phi) is 9.45. The maximum atomic E-state index is 5.16. The second-order valence-corrected chi connectivity index (χ2v) is 21.7. The molecule has 0 saturated carbocycles. The van der Waals surface area contributed by atoms with E-state index in [9.17, 15) is 0 Å². The third kappa shape index (κ3) is 5.79. The zero-order valence-corrected chi connectivity index (χ0v) is 38.9. The first-order valence-electron chi connectivity index (χ1n) is 22.4. The molecule has 0 N–H and O–H groups in total. The molecule has 0 amide bonds. The van der Waals surface area contributed by atoms with Crippen molar-refractivity contribution in [1.29, 1.82) is 0 Å². The van der Waals surface area contributed by atoms with Crippen molar-refractivity contribution in [1.82, 2.24) is 18.9 Å². The van der Waals surface area contributed by atoms with Crippen LogP contribution in [0.3, 0.4) is 0 Å². The first-order valence-corrected chi connectivity index (χ1v) is 24.4. The summed E-state index contributed by atoms with van der Waals surface area (Å²) in [6.45, 7) is 4.77. The van der Waals surface area contributed by atoms with Gasteiger partial charge in [0.05, 0.1) is 11.2 Å². The molecule has 1 unspecified atom stereocenters. The van der Waals surface area contributed by atoms with E-state index in [-0.39, 0.29) is 31.8 Å². The van der Waals surface area contributed by atoms with Gasteiger partial charge in [0.2, 0.25) is 0 Å². The van der Waals surface area contributed by atoms with Crippen molar-refractivity contribution in [3.05, 3.63) is 253 Å². The van der Waals surface area contributed by atoms with E-state index in [1.54, 1.807) is 0 Å². The number of aromatic nitrogens is 4. The standard InChI is InChI=1S/C60H42N4Si.Pd/c1-60(2)53-29-14-12-27-49(53)57(40-18-6-3-7-19-40)52-38-50-48-28-17-33-61-59(48)64(56(50)39-54(52)60)41-20-16-25-44(36-41)65(42-21-8-4-9-22-42,43-23-10-5-11-24-43)45-31-32-46-47-26-13-15-30-55(47)63-35-34-62-58(63)51(46)37-45;/h3-35,38-39,57H,1-2H3;/q-2;+2. The van der Waals surface area contributed by atoms with Gasteiger partial charge in [0.25, 0.3) is 0 Å². The first-order chi connectivity index (χ1) is 32.0. The fraction of sp³-hybridized carbons (Fsp3) is 0.0667. The summed E-state index contributed by atoms with van der Waals surface area (Å²) < 4.78 is 4.57. The Bertz CT molecular complexity index is 3780. The van der Waals surface area contributed by atoms with Gasteiger partial charge in [-0.05, 0) is 73.9 Å². The van der Waals surface area contributed by atoms with Gasteiger partial charge in [-0.15, -0.1) is 34.8 Å².